The van der Waals surface area contributed by atoms with E-state index in [9.17, 15) is 27.5 Å². The molecule has 1 N–H and O–H groups in total. The van der Waals surface area contributed by atoms with Gasteiger partial charge in [0.25, 0.3) is 5.88 Å². The molecule has 1 saturated heterocycles. The van der Waals surface area contributed by atoms with Gasteiger partial charge in [-0.15, -0.1) is 11.3 Å². The topological polar surface area (TPSA) is 99.4 Å². The Bertz CT molecular complexity index is 1890. The number of aryl methyl sites for hydroxylation is 1. The molecule has 1 atom stereocenters. The molecule has 2 aromatic carbocycles. The van der Waals surface area contributed by atoms with Crippen molar-refractivity contribution >= 4 is 39.9 Å². The number of carbonyl (C=O) groups is 1. The van der Waals surface area contributed by atoms with Crippen LogP contribution >= 0.6 is 22.9 Å². The number of hydrogen-bond donors (Lipinski definition) is 1. The summed E-state index contributed by atoms with van der Waals surface area (Å²) in [5, 5.41) is 9.94. The molecule has 0 spiro atoms. The van der Waals surface area contributed by atoms with Crippen molar-refractivity contribution in [3.05, 3.63) is 91.9 Å². The van der Waals surface area contributed by atoms with E-state index in [-0.39, 0.29) is 29.2 Å². The Morgan fingerprint density at radius 3 is 2.68 bits per heavy atom. The van der Waals surface area contributed by atoms with E-state index in [4.69, 9.17) is 26.1 Å². The number of aromatic nitrogens is 4. The largest absolute Gasteiger partial charge is 0.478 e. The molecule has 1 aliphatic heterocycles. The number of pyridine rings is 1. The summed E-state index contributed by atoms with van der Waals surface area (Å²) in [5.74, 6) is -1.49. The minimum atomic E-state index is -4.52. The highest BCUT2D eigenvalue weighted by molar-refractivity contribution is 7.11. The van der Waals surface area contributed by atoms with Gasteiger partial charge in [0, 0.05) is 23.6 Å². The van der Waals surface area contributed by atoms with Crippen LogP contribution in [0.5, 0.6) is 5.88 Å². The zero-order chi connectivity index (χ0) is 31.2. The predicted molar refractivity (Wildman–Crippen MR) is 155 cm³/mol. The Morgan fingerprint density at radius 1 is 1.20 bits per heavy atom. The number of imidazole rings is 1. The Balaban J connectivity index is 1.27. The third-order valence-electron chi connectivity index (χ3n) is 7.25. The number of aromatic carboxylic acids is 1. The van der Waals surface area contributed by atoms with Crippen LogP contribution in [-0.4, -0.2) is 43.3 Å². The highest BCUT2D eigenvalue weighted by Gasteiger charge is 2.33. The number of alkyl halides is 3. The van der Waals surface area contributed by atoms with Gasteiger partial charge in [-0.2, -0.15) is 13.2 Å². The van der Waals surface area contributed by atoms with Crippen molar-refractivity contribution in [3.63, 3.8) is 0 Å². The van der Waals surface area contributed by atoms with Crippen LogP contribution in [-0.2, 0) is 30.5 Å². The van der Waals surface area contributed by atoms with Crippen LogP contribution in [0.1, 0.15) is 43.6 Å². The summed E-state index contributed by atoms with van der Waals surface area (Å²) < 4.78 is 66.2. The van der Waals surface area contributed by atoms with Gasteiger partial charge >= 0.3 is 12.1 Å². The van der Waals surface area contributed by atoms with Crippen molar-refractivity contribution in [1.82, 2.24) is 19.5 Å². The quantitative estimate of drug-likeness (QED) is 0.167. The normalized spacial score (nSPS) is 15.0. The molecule has 5 aromatic rings. The van der Waals surface area contributed by atoms with Gasteiger partial charge in [-0.05, 0) is 60.9 Å². The molecule has 14 heteroatoms. The summed E-state index contributed by atoms with van der Waals surface area (Å²) in [6.07, 6.45) is -2.57. The highest BCUT2D eigenvalue weighted by Crippen LogP contribution is 2.35. The molecular weight excluding hydrogens is 624 g/mol. The molecule has 0 radical (unpaired) electrons. The minimum absolute atomic E-state index is 0.00229. The molecule has 228 valence electrons. The number of hydrogen-bond acceptors (Lipinski definition) is 7. The van der Waals surface area contributed by atoms with Crippen LogP contribution in [0, 0.1) is 12.7 Å². The number of carboxylic acids is 1. The van der Waals surface area contributed by atoms with E-state index < -0.39 is 22.8 Å². The van der Waals surface area contributed by atoms with Crippen LogP contribution < -0.4 is 4.74 Å². The molecule has 1 aliphatic rings. The third-order valence-corrected chi connectivity index (χ3v) is 8.62. The lowest BCUT2D eigenvalue weighted by Gasteiger charge is -2.27. The average Bonchev–Trinajstić information content (AvgIpc) is 3.56. The van der Waals surface area contributed by atoms with Crippen LogP contribution in [0.2, 0.25) is 5.02 Å². The molecule has 0 aliphatic carbocycles. The zero-order valence-electron chi connectivity index (χ0n) is 23.0. The first-order valence-electron chi connectivity index (χ1n) is 13.4. The monoisotopic (exact) mass is 646 g/mol. The van der Waals surface area contributed by atoms with Crippen molar-refractivity contribution < 1.29 is 36.9 Å². The van der Waals surface area contributed by atoms with Crippen molar-refractivity contribution in [2.45, 2.75) is 45.2 Å². The number of fused-ring (bicyclic) bond motifs is 1. The lowest BCUT2D eigenvalue weighted by atomic mass is 10.00. The standard InChI is InChI=1S/C30H23ClF4N4O4S/c1-15-8-17(10-26-37-23-4-2-16(29(40)41)9-24(23)39(26)13-18-6-7-42-18)20(31)11-19(15)22-5-3-21(32)28(38-22)43-14-27-36-12-25(44-27)30(33,34)35/h2-5,8-9,11-12,18H,6-7,10,13-14H2,1H3,(H,40,41). The second-order valence-corrected chi connectivity index (χ2v) is 11.8. The van der Waals surface area contributed by atoms with Crippen LogP contribution in [0.15, 0.2) is 48.7 Å². The fourth-order valence-corrected chi connectivity index (χ4v) is 5.84. The molecule has 4 heterocycles. The first-order chi connectivity index (χ1) is 21.0. The Morgan fingerprint density at radius 2 is 2.00 bits per heavy atom. The van der Waals surface area contributed by atoms with Crippen molar-refractivity contribution in [3.8, 4) is 17.1 Å². The summed E-state index contributed by atoms with van der Waals surface area (Å²) in [4.78, 5) is 23.5. The second-order valence-electron chi connectivity index (χ2n) is 10.3. The number of ether oxygens (including phenoxy) is 2. The maximum atomic E-state index is 14.5. The van der Waals surface area contributed by atoms with Crippen LogP contribution in [0.25, 0.3) is 22.3 Å². The number of thiazole rings is 1. The summed E-state index contributed by atoms with van der Waals surface area (Å²) in [6.45, 7) is 2.66. The number of rotatable bonds is 9. The molecular formula is C30H23ClF4N4O4S. The smallest absolute Gasteiger partial charge is 0.427 e. The van der Waals surface area contributed by atoms with E-state index in [1.165, 1.54) is 12.1 Å². The maximum Gasteiger partial charge on any atom is 0.427 e. The fraction of sp³-hybridized carbons (Fsp3) is 0.267. The average molecular weight is 647 g/mol. The van der Waals surface area contributed by atoms with E-state index in [0.29, 0.717) is 70.2 Å². The van der Waals surface area contributed by atoms with Gasteiger partial charge in [-0.25, -0.2) is 24.1 Å². The molecule has 8 nitrogen and oxygen atoms in total. The summed E-state index contributed by atoms with van der Waals surface area (Å²) in [5.41, 5.74) is 4.02. The fourth-order valence-electron chi connectivity index (χ4n) is 4.91. The van der Waals surface area contributed by atoms with E-state index in [2.05, 4.69) is 9.97 Å². The van der Waals surface area contributed by atoms with E-state index in [1.54, 1.807) is 18.2 Å². The molecule has 1 unspecified atom stereocenters. The molecule has 3 aromatic heterocycles. The number of carboxylic acid groups (broad SMARTS) is 1. The van der Waals surface area contributed by atoms with Crippen molar-refractivity contribution in [2.75, 3.05) is 6.61 Å². The maximum absolute atomic E-state index is 14.5. The highest BCUT2D eigenvalue weighted by atomic mass is 35.5. The molecule has 0 saturated carbocycles. The molecule has 0 bridgehead atoms. The SMILES string of the molecule is Cc1cc(Cc2nc3ccc(C(=O)O)cc3n2CC2CCO2)c(Cl)cc1-c1ccc(F)c(OCc2ncc(C(F)(F)F)s2)n1. The second kappa shape index (κ2) is 11.8. The first-order valence-corrected chi connectivity index (χ1v) is 14.6. The molecule has 1 fully saturated rings. The van der Waals surface area contributed by atoms with Gasteiger partial charge in [0.1, 0.15) is 22.3 Å². The Labute approximate surface area is 256 Å². The van der Waals surface area contributed by atoms with E-state index in [0.717, 1.165) is 23.6 Å². The summed E-state index contributed by atoms with van der Waals surface area (Å²) in [6, 6.07) is 11.0. The number of benzene rings is 2. The van der Waals surface area contributed by atoms with Crippen LogP contribution in [0.4, 0.5) is 17.6 Å². The van der Waals surface area contributed by atoms with Crippen molar-refractivity contribution in [1.29, 1.82) is 0 Å². The number of nitrogens with zero attached hydrogens (tertiary/aromatic N) is 4. The summed E-state index contributed by atoms with van der Waals surface area (Å²) in [7, 11) is 0. The third kappa shape index (κ3) is 6.12. The van der Waals surface area contributed by atoms with Gasteiger partial charge in [0.05, 0.1) is 41.1 Å². The van der Waals surface area contributed by atoms with E-state index >= 15 is 0 Å². The predicted octanol–water partition coefficient (Wildman–Crippen LogP) is 7.33. The lowest BCUT2D eigenvalue weighted by molar-refractivity contribution is -0.134. The van der Waals surface area contributed by atoms with Crippen LogP contribution in [0.3, 0.4) is 0 Å². The number of halogens is 5. The van der Waals surface area contributed by atoms with Gasteiger partial charge < -0.3 is 19.1 Å². The lowest BCUT2D eigenvalue weighted by Crippen LogP contribution is -2.31. The van der Waals surface area contributed by atoms with E-state index in [1.807, 2.05) is 17.6 Å². The van der Waals surface area contributed by atoms with Gasteiger partial charge in [0.2, 0.25) is 0 Å². The molecule has 6 rings (SSSR count). The van der Waals surface area contributed by atoms with Gasteiger partial charge in [-0.1, -0.05) is 17.7 Å². The molecule has 0 amide bonds. The zero-order valence-corrected chi connectivity index (χ0v) is 24.6. The first kappa shape index (κ1) is 30.0. The Hall–Kier alpha value is -4.07. The van der Waals surface area contributed by atoms with Gasteiger partial charge in [-0.3, -0.25) is 0 Å². The van der Waals surface area contributed by atoms with Crippen molar-refractivity contribution in [2.24, 2.45) is 0 Å². The molecule has 44 heavy (non-hydrogen) atoms. The van der Waals surface area contributed by atoms with Gasteiger partial charge in [0.15, 0.2) is 5.82 Å². The Kier molecular flexibility index (Phi) is 8.03. The minimum Gasteiger partial charge on any atom is -0.478 e. The summed E-state index contributed by atoms with van der Waals surface area (Å²) >= 11 is 7.16.